The van der Waals surface area contributed by atoms with Crippen LogP contribution in [0, 0.1) is 11.6 Å². The average Bonchev–Trinajstić information content (AvgIpc) is 2.46. The largest absolute Gasteiger partial charge is 0.444 e. The van der Waals surface area contributed by atoms with Crippen LogP contribution in [0.1, 0.15) is 39.2 Å². The van der Waals surface area contributed by atoms with Crippen molar-refractivity contribution in [1.29, 1.82) is 0 Å². The van der Waals surface area contributed by atoms with Gasteiger partial charge >= 0.3 is 6.09 Å². The number of likely N-dealkylation sites (tertiary alicyclic amines) is 1. The summed E-state index contributed by atoms with van der Waals surface area (Å²) in [7, 11) is 0. The molecule has 1 atom stereocenters. The zero-order valence-corrected chi connectivity index (χ0v) is 15.8. The van der Waals surface area contributed by atoms with Crippen LogP contribution in [-0.2, 0) is 11.3 Å². The molecule has 1 N–H and O–H groups in total. The first kappa shape index (κ1) is 19.1. The molecular formula is C17H23BrF2N2O2. The zero-order chi connectivity index (χ0) is 17.9. The maximum absolute atomic E-state index is 14.0. The fourth-order valence-corrected chi connectivity index (χ4v) is 3.18. The van der Waals surface area contributed by atoms with Crippen molar-refractivity contribution in [2.24, 2.45) is 0 Å². The van der Waals surface area contributed by atoms with E-state index in [0.717, 1.165) is 31.5 Å². The van der Waals surface area contributed by atoms with E-state index in [9.17, 15) is 13.6 Å². The van der Waals surface area contributed by atoms with Crippen LogP contribution in [-0.4, -0.2) is 35.7 Å². The maximum atomic E-state index is 14.0. The van der Waals surface area contributed by atoms with Gasteiger partial charge < -0.3 is 10.1 Å². The van der Waals surface area contributed by atoms with Gasteiger partial charge in [0.2, 0.25) is 0 Å². The Kier molecular flexibility index (Phi) is 6.20. The Bertz CT molecular complexity index is 605. The molecule has 0 saturated carbocycles. The van der Waals surface area contributed by atoms with Crippen LogP contribution < -0.4 is 5.32 Å². The number of amides is 1. The number of hydrogen-bond donors (Lipinski definition) is 1. The smallest absolute Gasteiger partial charge is 0.407 e. The molecule has 1 aliphatic heterocycles. The number of piperidine rings is 1. The number of nitrogens with one attached hydrogen (secondary N) is 1. The minimum atomic E-state index is -0.548. The summed E-state index contributed by atoms with van der Waals surface area (Å²) in [5.74, 6) is -0.919. The third kappa shape index (κ3) is 5.41. The Morgan fingerprint density at radius 1 is 1.38 bits per heavy atom. The highest BCUT2D eigenvalue weighted by molar-refractivity contribution is 9.10. The van der Waals surface area contributed by atoms with Gasteiger partial charge in [0.05, 0.1) is 4.47 Å². The summed E-state index contributed by atoms with van der Waals surface area (Å²) in [6.45, 7) is 7.06. The molecule has 2 rings (SSSR count). The lowest BCUT2D eigenvalue weighted by Crippen LogP contribution is -2.48. The van der Waals surface area contributed by atoms with Crippen molar-refractivity contribution in [3.8, 4) is 0 Å². The van der Waals surface area contributed by atoms with Crippen LogP contribution in [0.2, 0.25) is 0 Å². The van der Waals surface area contributed by atoms with E-state index in [1.54, 1.807) is 0 Å². The molecule has 0 radical (unpaired) electrons. The normalized spacial score (nSPS) is 19.2. The summed E-state index contributed by atoms with van der Waals surface area (Å²) >= 11 is 3.11. The van der Waals surface area contributed by atoms with Gasteiger partial charge in [0, 0.05) is 24.7 Å². The second kappa shape index (κ2) is 7.78. The number of rotatable bonds is 3. The average molecular weight is 405 g/mol. The summed E-state index contributed by atoms with van der Waals surface area (Å²) in [5.41, 5.74) is -0.249. The van der Waals surface area contributed by atoms with Gasteiger partial charge in [0.1, 0.15) is 17.2 Å². The quantitative estimate of drug-likeness (QED) is 0.766. The molecule has 7 heteroatoms. The molecule has 0 unspecified atom stereocenters. The van der Waals surface area contributed by atoms with Crippen LogP contribution in [0.25, 0.3) is 0 Å². The number of ether oxygens (including phenoxy) is 1. The molecule has 0 aliphatic carbocycles. The van der Waals surface area contributed by atoms with Crippen molar-refractivity contribution < 1.29 is 18.3 Å². The van der Waals surface area contributed by atoms with Crippen LogP contribution in [0.3, 0.4) is 0 Å². The standard InChI is InChI=1S/C17H23BrF2N2O2/c1-17(2,3)24-16(23)21-11-5-4-8-22(9-11)10-12-13(19)6-7-14(20)15(12)18/h6-7,11H,4-5,8-10H2,1-3H3,(H,21,23)/t11-/m0/s1. The third-order valence-electron chi connectivity index (χ3n) is 3.75. The molecule has 24 heavy (non-hydrogen) atoms. The highest BCUT2D eigenvalue weighted by atomic mass is 79.9. The van der Waals surface area contributed by atoms with E-state index in [1.165, 1.54) is 0 Å². The summed E-state index contributed by atoms with van der Waals surface area (Å²) in [5, 5.41) is 2.85. The first-order valence-electron chi connectivity index (χ1n) is 8.00. The minimum Gasteiger partial charge on any atom is -0.444 e. The van der Waals surface area contributed by atoms with Crippen molar-refractivity contribution in [3.05, 3.63) is 33.8 Å². The highest BCUT2D eigenvalue weighted by Crippen LogP contribution is 2.26. The molecule has 1 heterocycles. The van der Waals surface area contributed by atoms with Crippen molar-refractivity contribution in [1.82, 2.24) is 10.2 Å². The summed E-state index contributed by atoms with van der Waals surface area (Å²) < 4.78 is 33.0. The van der Waals surface area contributed by atoms with Crippen LogP contribution in [0.4, 0.5) is 13.6 Å². The Morgan fingerprint density at radius 2 is 2.04 bits per heavy atom. The number of halogens is 3. The minimum absolute atomic E-state index is 0.0657. The number of alkyl carbamates (subject to hydrolysis) is 1. The lowest BCUT2D eigenvalue weighted by molar-refractivity contribution is 0.0470. The first-order chi connectivity index (χ1) is 11.2. The van der Waals surface area contributed by atoms with Crippen LogP contribution in [0.15, 0.2) is 16.6 Å². The van der Waals surface area contributed by atoms with Gasteiger partial charge in [-0.2, -0.15) is 0 Å². The van der Waals surface area contributed by atoms with Gasteiger partial charge in [-0.3, -0.25) is 4.90 Å². The van der Waals surface area contributed by atoms with E-state index in [4.69, 9.17) is 4.74 Å². The van der Waals surface area contributed by atoms with Crippen molar-refractivity contribution in [2.45, 2.75) is 51.8 Å². The molecule has 4 nitrogen and oxygen atoms in total. The topological polar surface area (TPSA) is 41.6 Å². The molecule has 0 bridgehead atoms. The monoisotopic (exact) mass is 404 g/mol. The fourth-order valence-electron chi connectivity index (χ4n) is 2.73. The molecule has 1 saturated heterocycles. The van der Waals surface area contributed by atoms with Crippen molar-refractivity contribution in [2.75, 3.05) is 13.1 Å². The Hall–Kier alpha value is -1.21. The fraction of sp³-hybridized carbons (Fsp3) is 0.588. The predicted molar refractivity (Wildman–Crippen MR) is 91.7 cm³/mol. The second-order valence-corrected chi connectivity index (χ2v) is 7.84. The number of nitrogens with zero attached hydrogens (tertiary/aromatic N) is 1. The number of carbonyl (C=O) groups is 1. The predicted octanol–water partition coefficient (Wildman–Crippen LogP) is 4.22. The lowest BCUT2D eigenvalue weighted by Gasteiger charge is -2.33. The molecule has 0 aromatic heterocycles. The van der Waals surface area contributed by atoms with Crippen molar-refractivity contribution >= 4 is 22.0 Å². The van der Waals surface area contributed by atoms with Gasteiger partial charge in [-0.1, -0.05) is 0 Å². The molecule has 0 spiro atoms. The molecule has 1 aromatic rings. The van der Waals surface area contributed by atoms with Gasteiger partial charge in [-0.25, -0.2) is 13.6 Å². The molecule has 1 amide bonds. The first-order valence-corrected chi connectivity index (χ1v) is 8.79. The van der Waals surface area contributed by atoms with E-state index in [0.29, 0.717) is 12.1 Å². The van der Waals surface area contributed by atoms with Gasteiger partial charge in [-0.05, 0) is 68.2 Å². The molecule has 1 aromatic carbocycles. The summed E-state index contributed by atoms with van der Waals surface area (Å²) in [6.07, 6.45) is 1.25. The van der Waals surface area contributed by atoms with E-state index in [-0.39, 0.29) is 17.1 Å². The third-order valence-corrected chi connectivity index (χ3v) is 4.60. The van der Waals surface area contributed by atoms with Gasteiger partial charge in [-0.15, -0.1) is 0 Å². The maximum Gasteiger partial charge on any atom is 0.407 e. The van der Waals surface area contributed by atoms with E-state index < -0.39 is 23.3 Å². The highest BCUT2D eigenvalue weighted by Gasteiger charge is 2.25. The molecule has 1 aliphatic rings. The molecule has 134 valence electrons. The Balaban J connectivity index is 1.97. The van der Waals surface area contributed by atoms with Crippen LogP contribution in [0.5, 0.6) is 0 Å². The number of hydrogen-bond acceptors (Lipinski definition) is 3. The second-order valence-electron chi connectivity index (χ2n) is 7.04. The zero-order valence-electron chi connectivity index (χ0n) is 14.2. The van der Waals surface area contributed by atoms with Crippen LogP contribution >= 0.6 is 15.9 Å². The van der Waals surface area contributed by atoms with Gasteiger partial charge in [0.15, 0.2) is 0 Å². The van der Waals surface area contributed by atoms with E-state index in [2.05, 4.69) is 21.2 Å². The van der Waals surface area contributed by atoms with E-state index in [1.807, 2.05) is 25.7 Å². The Labute approximate surface area is 149 Å². The molecule has 1 fully saturated rings. The lowest BCUT2D eigenvalue weighted by atomic mass is 10.0. The number of benzene rings is 1. The Morgan fingerprint density at radius 3 is 2.71 bits per heavy atom. The number of carbonyl (C=O) groups excluding carboxylic acids is 1. The SMILES string of the molecule is CC(C)(C)OC(=O)N[C@H]1CCCN(Cc2c(F)ccc(F)c2Br)C1. The molecular weight excluding hydrogens is 382 g/mol. The van der Waals surface area contributed by atoms with Crippen molar-refractivity contribution in [3.63, 3.8) is 0 Å². The van der Waals surface area contributed by atoms with Gasteiger partial charge in [0.25, 0.3) is 0 Å². The summed E-state index contributed by atoms with van der Waals surface area (Å²) in [6, 6.07) is 2.17. The van der Waals surface area contributed by atoms with E-state index >= 15 is 0 Å². The summed E-state index contributed by atoms with van der Waals surface area (Å²) in [4.78, 5) is 13.9.